The lowest BCUT2D eigenvalue weighted by Crippen LogP contribution is -2.25. The van der Waals surface area contributed by atoms with Crippen LogP contribution in [0.5, 0.6) is 0 Å². The van der Waals surface area contributed by atoms with Crippen LogP contribution in [0, 0.1) is 11.6 Å². The van der Waals surface area contributed by atoms with Crippen LogP contribution in [0.1, 0.15) is 23.6 Å². The summed E-state index contributed by atoms with van der Waals surface area (Å²) in [6.07, 6.45) is -1.04. The van der Waals surface area contributed by atoms with Gasteiger partial charge in [-0.2, -0.15) is 10.1 Å². The van der Waals surface area contributed by atoms with Crippen molar-refractivity contribution in [3.05, 3.63) is 71.3 Å². The van der Waals surface area contributed by atoms with Crippen molar-refractivity contribution in [2.24, 2.45) is 5.10 Å². The second-order valence-electron chi connectivity index (χ2n) is 4.93. The first-order valence-electron chi connectivity index (χ1n) is 6.66. The van der Waals surface area contributed by atoms with E-state index in [1.165, 1.54) is 0 Å². The van der Waals surface area contributed by atoms with Crippen molar-refractivity contribution >= 4 is 11.8 Å². The molecule has 2 aromatic carbocycles. The van der Waals surface area contributed by atoms with Crippen LogP contribution in [0.4, 0.5) is 13.6 Å². The molecule has 0 aromatic heterocycles. The SMILES string of the molecule is O=C(O)N1N=C(c2cc(F)ccc2F)CC1c1ccccc1. The van der Waals surface area contributed by atoms with Gasteiger partial charge in [0.1, 0.15) is 11.6 Å². The van der Waals surface area contributed by atoms with Crippen LogP contribution >= 0.6 is 0 Å². The zero-order valence-corrected chi connectivity index (χ0v) is 11.4. The summed E-state index contributed by atoms with van der Waals surface area (Å²) in [6.45, 7) is 0. The normalized spacial score (nSPS) is 17.5. The number of halogens is 2. The molecule has 1 heterocycles. The predicted octanol–water partition coefficient (Wildman–Crippen LogP) is 3.79. The standard InChI is InChI=1S/C16H12F2N2O2/c17-11-6-7-13(18)12(8-11)14-9-15(20(19-14)16(21)22)10-4-2-1-3-5-10/h1-8,15H,9H2,(H,21,22). The number of amides is 1. The van der Waals surface area contributed by atoms with E-state index in [1.54, 1.807) is 24.3 Å². The van der Waals surface area contributed by atoms with Crippen molar-refractivity contribution in [1.29, 1.82) is 0 Å². The number of nitrogens with zero attached hydrogens (tertiary/aromatic N) is 2. The lowest BCUT2D eigenvalue weighted by molar-refractivity contribution is 0.134. The molecule has 112 valence electrons. The van der Waals surface area contributed by atoms with Gasteiger partial charge < -0.3 is 5.11 Å². The molecule has 1 aliphatic rings. The van der Waals surface area contributed by atoms with E-state index in [9.17, 15) is 18.7 Å². The van der Waals surface area contributed by atoms with Crippen LogP contribution < -0.4 is 0 Å². The van der Waals surface area contributed by atoms with Gasteiger partial charge in [0.25, 0.3) is 0 Å². The highest BCUT2D eigenvalue weighted by Gasteiger charge is 2.33. The first kappa shape index (κ1) is 14.2. The third-order valence-electron chi connectivity index (χ3n) is 3.53. The van der Waals surface area contributed by atoms with Gasteiger partial charge in [0.2, 0.25) is 0 Å². The Kier molecular flexibility index (Phi) is 3.58. The van der Waals surface area contributed by atoms with Crippen LogP contribution in [0.2, 0.25) is 0 Å². The Morgan fingerprint density at radius 2 is 1.91 bits per heavy atom. The van der Waals surface area contributed by atoms with Crippen molar-refractivity contribution in [3.63, 3.8) is 0 Å². The summed E-state index contributed by atoms with van der Waals surface area (Å²) in [7, 11) is 0. The topological polar surface area (TPSA) is 52.9 Å². The molecule has 1 atom stereocenters. The van der Waals surface area contributed by atoms with E-state index in [0.717, 1.165) is 28.8 Å². The minimum absolute atomic E-state index is 0.00955. The third kappa shape index (κ3) is 2.55. The summed E-state index contributed by atoms with van der Waals surface area (Å²) in [5.41, 5.74) is 0.957. The lowest BCUT2D eigenvalue weighted by Gasteiger charge is -2.18. The van der Waals surface area contributed by atoms with Crippen LogP contribution in [-0.4, -0.2) is 21.9 Å². The second-order valence-corrected chi connectivity index (χ2v) is 4.93. The Morgan fingerprint density at radius 1 is 1.18 bits per heavy atom. The molecule has 22 heavy (non-hydrogen) atoms. The lowest BCUT2D eigenvalue weighted by atomic mass is 9.98. The summed E-state index contributed by atoms with van der Waals surface area (Å²) < 4.78 is 27.2. The number of hydrazone groups is 1. The first-order valence-corrected chi connectivity index (χ1v) is 6.66. The predicted molar refractivity (Wildman–Crippen MR) is 76.6 cm³/mol. The van der Waals surface area contributed by atoms with E-state index < -0.39 is 23.8 Å². The monoisotopic (exact) mass is 302 g/mol. The highest BCUT2D eigenvalue weighted by molar-refractivity contribution is 6.03. The van der Waals surface area contributed by atoms with Gasteiger partial charge in [-0.05, 0) is 23.8 Å². The largest absolute Gasteiger partial charge is 0.464 e. The Labute approximate surface area is 125 Å². The molecule has 0 fully saturated rings. The van der Waals surface area contributed by atoms with Crippen LogP contribution in [-0.2, 0) is 0 Å². The van der Waals surface area contributed by atoms with E-state index in [4.69, 9.17) is 0 Å². The van der Waals surface area contributed by atoms with E-state index in [0.29, 0.717) is 0 Å². The molecule has 1 amide bonds. The smallest absolute Gasteiger partial charge is 0.428 e. The molecule has 0 radical (unpaired) electrons. The Hall–Kier alpha value is -2.76. The Balaban J connectivity index is 2.00. The van der Waals surface area contributed by atoms with Crippen LogP contribution in [0.25, 0.3) is 0 Å². The zero-order valence-electron chi connectivity index (χ0n) is 11.4. The molecule has 3 rings (SSSR count). The van der Waals surface area contributed by atoms with Gasteiger partial charge >= 0.3 is 6.09 Å². The minimum Gasteiger partial charge on any atom is -0.464 e. The molecule has 0 aliphatic carbocycles. The molecule has 4 nitrogen and oxygen atoms in total. The summed E-state index contributed by atoms with van der Waals surface area (Å²) in [4.78, 5) is 11.4. The number of hydrogen-bond acceptors (Lipinski definition) is 2. The summed E-state index contributed by atoms with van der Waals surface area (Å²) in [6, 6.07) is 11.5. The Morgan fingerprint density at radius 3 is 2.59 bits per heavy atom. The second kappa shape index (κ2) is 5.55. The van der Waals surface area contributed by atoms with E-state index in [2.05, 4.69) is 5.10 Å². The average molecular weight is 302 g/mol. The molecule has 0 saturated heterocycles. The summed E-state index contributed by atoms with van der Waals surface area (Å²) >= 11 is 0. The van der Waals surface area contributed by atoms with Gasteiger partial charge in [-0.3, -0.25) is 0 Å². The molecule has 6 heteroatoms. The summed E-state index contributed by atoms with van der Waals surface area (Å²) in [5, 5.41) is 14.1. The molecule has 2 aromatic rings. The van der Waals surface area contributed by atoms with E-state index in [1.807, 2.05) is 6.07 Å². The van der Waals surface area contributed by atoms with E-state index in [-0.39, 0.29) is 17.7 Å². The fourth-order valence-electron chi connectivity index (χ4n) is 2.50. The van der Waals surface area contributed by atoms with Crippen molar-refractivity contribution in [2.45, 2.75) is 12.5 Å². The third-order valence-corrected chi connectivity index (χ3v) is 3.53. The number of carboxylic acid groups (broad SMARTS) is 1. The number of carbonyl (C=O) groups is 1. The first-order chi connectivity index (χ1) is 10.6. The van der Waals surface area contributed by atoms with Gasteiger partial charge in [0, 0.05) is 12.0 Å². The van der Waals surface area contributed by atoms with Crippen LogP contribution in [0.15, 0.2) is 53.6 Å². The van der Waals surface area contributed by atoms with Gasteiger partial charge in [-0.1, -0.05) is 30.3 Å². The molecule has 1 unspecified atom stereocenters. The Bertz CT molecular complexity index is 747. The minimum atomic E-state index is -1.24. The molecule has 0 spiro atoms. The quantitative estimate of drug-likeness (QED) is 0.917. The van der Waals surface area contributed by atoms with Crippen molar-refractivity contribution in [3.8, 4) is 0 Å². The van der Waals surface area contributed by atoms with Gasteiger partial charge in [-0.15, -0.1) is 0 Å². The van der Waals surface area contributed by atoms with Crippen molar-refractivity contribution in [1.82, 2.24) is 5.01 Å². The van der Waals surface area contributed by atoms with Gasteiger partial charge in [0.05, 0.1) is 11.8 Å². The molecular weight excluding hydrogens is 290 g/mol. The fraction of sp³-hybridized carbons (Fsp3) is 0.125. The van der Waals surface area contributed by atoms with Gasteiger partial charge in [0.15, 0.2) is 0 Å². The molecular formula is C16H12F2N2O2. The molecule has 1 aliphatic heterocycles. The number of rotatable bonds is 2. The number of benzene rings is 2. The highest BCUT2D eigenvalue weighted by Crippen LogP contribution is 2.33. The fourth-order valence-corrected chi connectivity index (χ4v) is 2.50. The maximum Gasteiger partial charge on any atom is 0.428 e. The van der Waals surface area contributed by atoms with Gasteiger partial charge in [-0.25, -0.2) is 13.6 Å². The van der Waals surface area contributed by atoms with E-state index >= 15 is 0 Å². The molecule has 0 bridgehead atoms. The molecule has 1 N–H and O–H groups in total. The summed E-state index contributed by atoms with van der Waals surface area (Å²) in [5.74, 6) is -1.22. The number of hydrogen-bond donors (Lipinski definition) is 1. The highest BCUT2D eigenvalue weighted by atomic mass is 19.1. The van der Waals surface area contributed by atoms with Crippen LogP contribution in [0.3, 0.4) is 0 Å². The zero-order chi connectivity index (χ0) is 15.7. The average Bonchev–Trinajstić information content (AvgIpc) is 2.96. The van der Waals surface area contributed by atoms with Crippen molar-refractivity contribution < 1.29 is 18.7 Å². The maximum atomic E-state index is 13.9. The maximum absolute atomic E-state index is 13.9. The molecule has 0 saturated carbocycles. The van der Waals surface area contributed by atoms with Crippen molar-refractivity contribution in [2.75, 3.05) is 0 Å².